The van der Waals surface area contributed by atoms with Crippen LogP contribution in [0.5, 0.6) is 5.75 Å². The predicted molar refractivity (Wildman–Crippen MR) is 79.4 cm³/mol. The van der Waals surface area contributed by atoms with Crippen LogP contribution >= 0.6 is 0 Å². The molecule has 0 amide bonds. The quantitative estimate of drug-likeness (QED) is 0.650. The second kappa shape index (κ2) is 6.69. The molecule has 2 aromatic rings. The molecule has 0 bridgehead atoms. The number of carbonyl (C=O) groups is 1. The Labute approximate surface area is 121 Å². The first-order valence-electron chi connectivity index (χ1n) is 6.66. The molecule has 6 heteroatoms. The fraction of sp³-hybridized carbons (Fsp3) is 0.267. The molecule has 0 saturated heterocycles. The fourth-order valence-electron chi connectivity index (χ4n) is 1.79. The standard InChI is InChI=1S/C15H16N2O4/c1-2-3-8-21-11-4-5-13-12(9-11)15(20)17(10-16-13)7-6-14(18)19/h4-7,9-10H,2-3,8H2,1H3,(H,18,19)/b7-6+. The summed E-state index contributed by atoms with van der Waals surface area (Å²) in [5, 5.41) is 8.99. The average Bonchev–Trinajstić information content (AvgIpc) is 2.47. The van der Waals surface area contributed by atoms with Crippen LogP contribution in [0.1, 0.15) is 19.8 Å². The van der Waals surface area contributed by atoms with Gasteiger partial charge >= 0.3 is 5.97 Å². The zero-order valence-electron chi connectivity index (χ0n) is 11.7. The van der Waals surface area contributed by atoms with Gasteiger partial charge in [-0.2, -0.15) is 0 Å². The Morgan fingerprint density at radius 1 is 1.48 bits per heavy atom. The minimum absolute atomic E-state index is 0.335. The summed E-state index contributed by atoms with van der Waals surface area (Å²) in [4.78, 5) is 26.9. The molecule has 0 radical (unpaired) electrons. The second-order valence-corrected chi connectivity index (χ2v) is 4.49. The summed E-state index contributed by atoms with van der Waals surface area (Å²) in [5.74, 6) is -0.520. The molecule has 0 aliphatic rings. The highest BCUT2D eigenvalue weighted by atomic mass is 16.5. The van der Waals surface area contributed by atoms with Crippen LogP contribution in [0.3, 0.4) is 0 Å². The van der Waals surface area contributed by atoms with Gasteiger partial charge in [-0.05, 0) is 24.6 Å². The number of fused-ring (bicyclic) bond motifs is 1. The molecule has 110 valence electrons. The fourth-order valence-corrected chi connectivity index (χ4v) is 1.79. The summed E-state index contributed by atoms with van der Waals surface area (Å²) in [6.45, 7) is 2.66. The molecule has 0 aliphatic carbocycles. The van der Waals surface area contributed by atoms with Gasteiger partial charge in [0.05, 0.1) is 17.5 Å². The number of hydrogen-bond donors (Lipinski definition) is 1. The van der Waals surface area contributed by atoms with Crippen LogP contribution in [0.15, 0.2) is 35.4 Å². The Balaban J connectivity index is 2.37. The SMILES string of the molecule is CCCCOc1ccc2ncn(/C=C/C(=O)O)c(=O)c2c1. The summed E-state index contributed by atoms with van der Waals surface area (Å²) in [6.07, 6.45) is 5.32. The molecule has 0 saturated carbocycles. The number of carboxylic acid groups (broad SMARTS) is 1. The Bertz CT molecular complexity index is 734. The van der Waals surface area contributed by atoms with Gasteiger partial charge in [-0.15, -0.1) is 0 Å². The van der Waals surface area contributed by atoms with Gasteiger partial charge < -0.3 is 9.84 Å². The highest BCUT2D eigenvalue weighted by Crippen LogP contribution is 2.16. The van der Waals surface area contributed by atoms with E-state index >= 15 is 0 Å². The molecule has 2 rings (SSSR count). The molecule has 1 aromatic heterocycles. The summed E-state index contributed by atoms with van der Waals surface area (Å²) in [6, 6.07) is 5.11. The van der Waals surface area contributed by atoms with Crippen LogP contribution in [0.25, 0.3) is 17.1 Å². The minimum atomic E-state index is -1.13. The Morgan fingerprint density at radius 2 is 2.29 bits per heavy atom. The third-order valence-corrected chi connectivity index (χ3v) is 2.90. The average molecular weight is 288 g/mol. The molecule has 0 spiro atoms. The summed E-state index contributed by atoms with van der Waals surface area (Å²) < 4.78 is 6.69. The molecule has 0 atom stereocenters. The molecule has 0 unspecified atom stereocenters. The largest absolute Gasteiger partial charge is 0.494 e. The number of benzene rings is 1. The van der Waals surface area contributed by atoms with E-state index in [2.05, 4.69) is 11.9 Å². The maximum absolute atomic E-state index is 12.2. The lowest BCUT2D eigenvalue weighted by Crippen LogP contribution is -2.16. The van der Waals surface area contributed by atoms with Gasteiger partial charge in [-0.25, -0.2) is 9.78 Å². The van der Waals surface area contributed by atoms with Crippen LogP contribution in [0.2, 0.25) is 0 Å². The van der Waals surface area contributed by atoms with E-state index in [9.17, 15) is 9.59 Å². The number of hydrogen-bond acceptors (Lipinski definition) is 4. The topological polar surface area (TPSA) is 81.4 Å². The van der Waals surface area contributed by atoms with E-state index in [-0.39, 0.29) is 5.56 Å². The van der Waals surface area contributed by atoms with Crippen molar-refractivity contribution in [2.45, 2.75) is 19.8 Å². The van der Waals surface area contributed by atoms with Gasteiger partial charge in [-0.1, -0.05) is 13.3 Å². The van der Waals surface area contributed by atoms with Crippen molar-refractivity contribution in [2.24, 2.45) is 0 Å². The lowest BCUT2D eigenvalue weighted by molar-refractivity contribution is -0.131. The molecule has 1 aromatic carbocycles. The van der Waals surface area contributed by atoms with Crippen LogP contribution in [-0.4, -0.2) is 27.2 Å². The van der Waals surface area contributed by atoms with E-state index in [1.807, 2.05) is 0 Å². The van der Waals surface area contributed by atoms with Gasteiger partial charge in [0.2, 0.25) is 0 Å². The molecule has 0 fully saturated rings. The number of nitrogens with zero attached hydrogens (tertiary/aromatic N) is 2. The zero-order chi connectivity index (χ0) is 15.2. The first kappa shape index (κ1) is 14.8. The van der Waals surface area contributed by atoms with Crippen molar-refractivity contribution in [1.82, 2.24) is 9.55 Å². The van der Waals surface area contributed by atoms with Crippen LogP contribution in [-0.2, 0) is 4.79 Å². The maximum Gasteiger partial charge on any atom is 0.329 e. The normalized spacial score (nSPS) is 11.1. The van der Waals surface area contributed by atoms with Crippen molar-refractivity contribution >= 4 is 23.1 Å². The van der Waals surface area contributed by atoms with Gasteiger partial charge in [0, 0.05) is 12.3 Å². The second-order valence-electron chi connectivity index (χ2n) is 4.49. The van der Waals surface area contributed by atoms with E-state index in [4.69, 9.17) is 9.84 Å². The van der Waals surface area contributed by atoms with Crippen LogP contribution in [0.4, 0.5) is 0 Å². The third-order valence-electron chi connectivity index (χ3n) is 2.90. The number of carboxylic acids is 1. The monoisotopic (exact) mass is 288 g/mol. The van der Waals surface area contributed by atoms with Crippen molar-refractivity contribution in [1.29, 1.82) is 0 Å². The molecule has 1 heterocycles. The van der Waals surface area contributed by atoms with Crippen molar-refractivity contribution in [3.05, 3.63) is 41.0 Å². The smallest absolute Gasteiger partial charge is 0.329 e. The van der Waals surface area contributed by atoms with Gasteiger partial charge in [0.1, 0.15) is 12.1 Å². The van der Waals surface area contributed by atoms with E-state index in [0.29, 0.717) is 23.3 Å². The van der Waals surface area contributed by atoms with E-state index < -0.39 is 5.97 Å². The van der Waals surface area contributed by atoms with E-state index in [1.54, 1.807) is 18.2 Å². The van der Waals surface area contributed by atoms with E-state index in [0.717, 1.165) is 23.5 Å². The number of ether oxygens (including phenoxy) is 1. The molecule has 1 N–H and O–H groups in total. The third kappa shape index (κ3) is 3.68. The molecule has 6 nitrogen and oxygen atoms in total. The molecular weight excluding hydrogens is 272 g/mol. The van der Waals surface area contributed by atoms with Crippen LogP contribution in [0, 0.1) is 0 Å². The highest BCUT2D eigenvalue weighted by molar-refractivity contribution is 5.83. The number of unbranched alkanes of at least 4 members (excludes halogenated alkanes) is 1. The molecule has 0 aliphatic heterocycles. The zero-order valence-corrected chi connectivity index (χ0v) is 11.7. The number of rotatable bonds is 6. The maximum atomic E-state index is 12.2. The van der Waals surface area contributed by atoms with Gasteiger partial charge in [0.25, 0.3) is 5.56 Å². The predicted octanol–water partition coefficient (Wildman–Crippen LogP) is 2.13. The molecule has 21 heavy (non-hydrogen) atoms. The lowest BCUT2D eigenvalue weighted by Gasteiger charge is -2.06. The molecular formula is C15H16N2O4. The Hall–Kier alpha value is -2.63. The number of aliphatic carboxylic acids is 1. The summed E-state index contributed by atoms with van der Waals surface area (Å²) >= 11 is 0. The lowest BCUT2D eigenvalue weighted by atomic mass is 10.2. The summed E-state index contributed by atoms with van der Waals surface area (Å²) in [7, 11) is 0. The summed E-state index contributed by atoms with van der Waals surface area (Å²) in [5.41, 5.74) is 0.209. The van der Waals surface area contributed by atoms with Gasteiger partial charge in [-0.3, -0.25) is 9.36 Å². The first-order valence-corrected chi connectivity index (χ1v) is 6.66. The van der Waals surface area contributed by atoms with Crippen molar-refractivity contribution in [2.75, 3.05) is 6.61 Å². The van der Waals surface area contributed by atoms with E-state index in [1.165, 1.54) is 12.5 Å². The van der Waals surface area contributed by atoms with Crippen molar-refractivity contribution in [3.8, 4) is 5.75 Å². The van der Waals surface area contributed by atoms with Crippen LogP contribution < -0.4 is 10.3 Å². The van der Waals surface area contributed by atoms with Gasteiger partial charge in [0.15, 0.2) is 0 Å². The number of aromatic nitrogens is 2. The van der Waals surface area contributed by atoms with Crippen molar-refractivity contribution in [3.63, 3.8) is 0 Å². The first-order chi connectivity index (χ1) is 10.1. The Kier molecular flexibility index (Phi) is 4.71. The Morgan fingerprint density at radius 3 is 3.00 bits per heavy atom. The minimum Gasteiger partial charge on any atom is -0.494 e. The highest BCUT2D eigenvalue weighted by Gasteiger charge is 2.05. The van der Waals surface area contributed by atoms with Crippen molar-refractivity contribution < 1.29 is 14.6 Å².